The van der Waals surface area contributed by atoms with E-state index in [9.17, 15) is 9.59 Å². The quantitative estimate of drug-likeness (QED) is 0.320. The maximum atomic E-state index is 12.3. The van der Waals surface area contributed by atoms with Crippen LogP contribution in [-0.2, 0) is 4.79 Å². The van der Waals surface area contributed by atoms with E-state index in [1.54, 1.807) is 24.3 Å². The van der Waals surface area contributed by atoms with Crippen molar-refractivity contribution < 1.29 is 23.8 Å². The van der Waals surface area contributed by atoms with Crippen molar-refractivity contribution in [3.8, 4) is 17.1 Å². The Morgan fingerprint density at radius 2 is 1.81 bits per heavy atom. The summed E-state index contributed by atoms with van der Waals surface area (Å²) in [5, 5.41) is 12.1. The number of amides is 1. The Morgan fingerprint density at radius 1 is 1.08 bits per heavy atom. The molecule has 2 aromatic carbocycles. The first-order chi connectivity index (χ1) is 17.3. The zero-order valence-corrected chi connectivity index (χ0v) is 21.4. The first-order valence-corrected chi connectivity index (χ1v) is 12.8. The topological polar surface area (TPSA) is 88.8 Å². The van der Waals surface area contributed by atoms with Gasteiger partial charge in [0.1, 0.15) is 23.4 Å². The number of ether oxygens (including phenoxy) is 1. The van der Waals surface area contributed by atoms with Gasteiger partial charge in [0.25, 0.3) is 5.91 Å². The number of rotatable bonds is 9. The maximum absolute atomic E-state index is 12.3. The minimum atomic E-state index is -0.947. The van der Waals surface area contributed by atoms with Crippen LogP contribution in [0.3, 0.4) is 0 Å². The van der Waals surface area contributed by atoms with Gasteiger partial charge in [-0.05, 0) is 80.8 Å². The highest BCUT2D eigenvalue weighted by molar-refractivity contribution is 6.30. The molecule has 1 fully saturated rings. The first-order valence-electron chi connectivity index (χ1n) is 12.5. The number of hydrogen-bond donors (Lipinski definition) is 2. The van der Waals surface area contributed by atoms with Gasteiger partial charge >= 0.3 is 5.97 Å². The molecule has 1 unspecified atom stereocenters. The molecule has 0 aliphatic heterocycles. The molecule has 0 radical (unpaired) electrons. The number of carboxylic acids is 1. The summed E-state index contributed by atoms with van der Waals surface area (Å²) < 4.78 is 12.8. The number of halogens is 1. The molecule has 1 heterocycles. The predicted molar refractivity (Wildman–Crippen MR) is 140 cm³/mol. The lowest BCUT2D eigenvalue weighted by Crippen LogP contribution is -2.26. The van der Waals surface area contributed by atoms with Crippen LogP contribution in [0, 0.1) is 19.8 Å². The molecule has 6 nitrogen and oxygen atoms in total. The van der Waals surface area contributed by atoms with Crippen LogP contribution < -0.4 is 10.1 Å². The molecule has 1 amide bonds. The van der Waals surface area contributed by atoms with E-state index in [0.717, 1.165) is 41.1 Å². The van der Waals surface area contributed by atoms with Gasteiger partial charge in [-0.15, -0.1) is 0 Å². The van der Waals surface area contributed by atoms with Gasteiger partial charge in [-0.2, -0.15) is 0 Å². The summed E-state index contributed by atoms with van der Waals surface area (Å²) in [4.78, 5) is 23.0. The van der Waals surface area contributed by atoms with Gasteiger partial charge in [-0.1, -0.05) is 30.9 Å². The molecule has 190 valence electrons. The molecule has 7 heteroatoms. The molecular weight excluding hydrogens is 478 g/mol. The number of carbonyl (C=O) groups excluding carboxylic acids is 1. The highest BCUT2D eigenvalue weighted by atomic mass is 35.5. The third-order valence-electron chi connectivity index (χ3n) is 6.80. The molecule has 1 aromatic heterocycles. The summed E-state index contributed by atoms with van der Waals surface area (Å²) in [6, 6.07) is 14.9. The van der Waals surface area contributed by atoms with E-state index in [-0.39, 0.29) is 25.0 Å². The minimum absolute atomic E-state index is 0.0887. The van der Waals surface area contributed by atoms with Crippen LogP contribution in [0.2, 0.25) is 5.02 Å². The fourth-order valence-corrected chi connectivity index (χ4v) is 5.11. The van der Waals surface area contributed by atoms with Crippen LogP contribution in [0.15, 0.2) is 52.9 Å². The SMILES string of the molecule is Cc1cc(Cl)ccc1-c1cc(C(Oc2ccc(C(=O)NCCC(=O)O)cc2)C2CCCCC2)c(C)o1. The highest BCUT2D eigenvalue weighted by Gasteiger charge is 2.30. The molecule has 1 atom stereocenters. The predicted octanol–water partition coefficient (Wildman–Crippen LogP) is 7.12. The standard InChI is InChI=1S/C29H32ClNO5/c1-18-16-22(30)10-13-24(18)26-17-25(19(2)35-26)28(20-6-4-3-5-7-20)36-23-11-8-21(9-12-23)29(34)31-15-14-27(32)33/h8-13,16-17,20,28H,3-7,14-15H2,1-2H3,(H,31,34)(H,32,33). The van der Waals surface area contributed by atoms with E-state index in [0.29, 0.717) is 22.3 Å². The summed E-state index contributed by atoms with van der Waals surface area (Å²) in [6.07, 6.45) is 5.51. The smallest absolute Gasteiger partial charge is 0.305 e. The molecule has 1 aliphatic rings. The van der Waals surface area contributed by atoms with E-state index in [1.807, 2.05) is 32.0 Å². The van der Waals surface area contributed by atoms with Crippen molar-refractivity contribution in [3.63, 3.8) is 0 Å². The Hall–Kier alpha value is -3.25. The van der Waals surface area contributed by atoms with Gasteiger partial charge in [-0.3, -0.25) is 9.59 Å². The highest BCUT2D eigenvalue weighted by Crippen LogP contribution is 2.41. The molecule has 0 saturated heterocycles. The van der Waals surface area contributed by atoms with Crippen molar-refractivity contribution in [2.45, 2.75) is 58.5 Å². The largest absolute Gasteiger partial charge is 0.485 e. The second-order valence-electron chi connectivity index (χ2n) is 9.44. The molecule has 36 heavy (non-hydrogen) atoms. The van der Waals surface area contributed by atoms with Gasteiger partial charge in [0.05, 0.1) is 6.42 Å². The number of carbonyl (C=O) groups is 2. The normalized spacial score (nSPS) is 14.9. The third kappa shape index (κ3) is 6.30. The monoisotopic (exact) mass is 509 g/mol. The number of benzene rings is 2. The van der Waals surface area contributed by atoms with Crippen LogP contribution in [-0.4, -0.2) is 23.5 Å². The van der Waals surface area contributed by atoms with Crippen LogP contribution in [0.4, 0.5) is 0 Å². The molecule has 1 aliphatic carbocycles. The van der Waals surface area contributed by atoms with Gasteiger partial charge in [0.2, 0.25) is 0 Å². The average molecular weight is 510 g/mol. The number of carboxylic acid groups (broad SMARTS) is 1. The first kappa shape index (κ1) is 25.8. The number of aliphatic carboxylic acids is 1. The molecule has 0 spiro atoms. The van der Waals surface area contributed by atoms with Gasteiger partial charge in [-0.25, -0.2) is 0 Å². The molecule has 3 aromatic rings. The third-order valence-corrected chi connectivity index (χ3v) is 7.03. The summed E-state index contributed by atoms with van der Waals surface area (Å²) >= 11 is 6.15. The van der Waals surface area contributed by atoms with E-state index in [2.05, 4.69) is 11.4 Å². The van der Waals surface area contributed by atoms with E-state index in [4.69, 9.17) is 25.9 Å². The Kier molecular flexibility index (Phi) is 8.36. The average Bonchev–Trinajstić information content (AvgIpc) is 3.24. The van der Waals surface area contributed by atoms with Gasteiger partial charge < -0.3 is 19.6 Å². The number of aryl methyl sites for hydroxylation is 2. The molecular formula is C29H32ClNO5. The second kappa shape index (κ2) is 11.7. The molecule has 4 rings (SSSR count). The second-order valence-corrected chi connectivity index (χ2v) is 9.88. The molecule has 2 N–H and O–H groups in total. The van der Waals surface area contributed by atoms with Crippen molar-refractivity contribution in [2.75, 3.05) is 6.54 Å². The summed E-state index contributed by atoms with van der Waals surface area (Å²) in [5.74, 6) is 1.43. The Morgan fingerprint density at radius 3 is 2.47 bits per heavy atom. The Bertz CT molecular complexity index is 1210. The zero-order valence-electron chi connectivity index (χ0n) is 20.7. The van der Waals surface area contributed by atoms with Crippen LogP contribution in [0.25, 0.3) is 11.3 Å². The molecule has 1 saturated carbocycles. The number of nitrogens with one attached hydrogen (secondary N) is 1. The summed E-state index contributed by atoms with van der Waals surface area (Å²) in [6.45, 7) is 4.09. The summed E-state index contributed by atoms with van der Waals surface area (Å²) in [5.41, 5.74) is 3.56. The lowest BCUT2D eigenvalue weighted by molar-refractivity contribution is -0.136. The fraction of sp³-hybridized carbons (Fsp3) is 0.379. The Labute approximate surface area is 216 Å². The lowest BCUT2D eigenvalue weighted by Gasteiger charge is -2.30. The van der Waals surface area contributed by atoms with E-state index in [1.165, 1.54) is 19.3 Å². The zero-order chi connectivity index (χ0) is 25.7. The number of hydrogen-bond acceptors (Lipinski definition) is 4. The maximum Gasteiger partial charge on any atom is 0.305 e. The van der Waals surface area contributed by atoms with Crippen molar-refractivity contribution in [3.05, 3.63) is 76.0 Å². The van der Waals surface area contributed by atoms with Crippen LogP contribution in [0.5, 0.6) is 5.75 Å². The number of furan rings is 1. The summed E-state index contributed by atoms with van der Waals surface area (Å²) in [7, 11) is 0. The minimum Gasteiger partial charge on any atom is -0.485 e. The van der Waals surface area contributed by atoms with Crippen LogP contribution >= 0.6 is 11.6 Å². The van der Waals surface area contributed by atoms with Crippen LogP contribution in [0.1, 0.15) is 71.9 Å². The van der Waals surface area contributed by atoms with Gasteiger partial charge in [0.15, 0.2) is 0 Å². The van der Waals surface area contributed by atoms with E-state index < -0.39 is 5.97 Å². The van der Waals surface area contributed by atoms with Crippen molar-refractivity contribution >= 4 is 23.5 Å². The van der Waals surface area contributed by atoms with E-state index >= 15 is 0 Å². The van der Waals surface area contributed by atoms with Crippen molar-refractivity contribution in [1.82, 2.24) is 5.32 Å². The molecule has 0 bridgehead atoms. The van der Waals surface area contributed by atoms with Crippen molar-refractivity contribution in [1.29, 1.82) is 0 Å². The Balaban J connectivity index is 1.56. The lowest BCUT2D eigenvalue weighted by atomic mass is 9.82. The fourth-order valence-electron chi connectivity index (χ4n) is 4.88. The van der Waals surface area contributed by atoms with Crippen molar-refractivity contribution in [2.24, 2.45) is 5.92 Å². The van der Waals surface area contributed by atoms with Gasteiger partial charge in [0, 0.05) is 34.2 Å².